The van der Waals surface area contributed by atoms with Crippen molar-refractivity contribution in [2.24, 2.45) is 5.92 Å². The first-order valence-electron chi connectivity index (χ1n) is 13.2. The van der Waals surface area contributed by atoms with E-state index >= 15 is 0 Å². The van der Waals surface area contributed by atoms with Gasteiger partial charge in [0.2, 0.25) is 11.8 Å². The van der Waals surface area contributed by atoms with E-state index in [4.69, 9.17) is 9.47 Å². The van der Waals surface area contributed by atoms with E-state index in [0.29, 0.717) is 6.54 Å². The summed E-state index contributed by atoms with van der Waals surface area (Å²) in [6.45, 7) is 1.95. The molecule has 1 saturated heterocycles. The monoisotopic (exact) mass is 493 g/mol. The van der Waals surface area contributed by atoms with Crippen molar-refractivity contribution >= 4 is 11.8 Å². The van der Waals surface area contributed by atoms with Gasteiger partial charge in [0.15, 0.2) is 0 Å². The quantitative estimate of drug-likeness (QED) is 0.551. The molecule has 1 heterocycles. The van der Waals surface area contributed by atoms with Gasteiger partial charge in [0.25, 0.3) is 0 Å². The van der Waals surface area contributed by atoms with Crippen molar-refractivity contribution in [3.63, 3.8) is 0 Å². The first-order chi connectivity index (χ1) is 17.6. The molecule has 36 heavy (non-hydrogen) atoms. The number of nitrogens with one attached hydrogen (secondary N) is 2. The minimum Gasteiger partial charge on any atom is -0.497 e. The molecule has 2 N–H and O–H groups in total. The summed E-state index contributed by atoms with van der Waals surface area (Å²) in [4.78, 5) is 27.9. The van der Waals surface area contributed by atoms with Crippen molar-refractivity contribution in [1.29, 1.82) is 0 Å². The Bertz CT molecular complexity index is 931. The van der Waals surface area contributed by atoms with Gasteiger partial charge in [-0.15, -0.1) is 0 Å². The third kappa shape index (κ3) is 7.00. The molecule has 0 unspecified atom stereocenters. The SMILES string of the molecule is COc1ccc(C(NC(=O)CN2CCC(NC(=O)C3CCCCC3)CC2)c2ccc(OC)cc2)cc1. The Morgan fingerprint density at radius 3 is 1.86 bits per heavy atom. The molecule has 2 aliphatic rings. The van der Waals surface area contributed by atoms with Crippen LogP contribution in [0, 0.1) is 5.92 Å². The van der Waals surface area contributed by atoms with Gasteiger partial charge in [-0.05, 0) is 61.1 Å². The molecule has 1 saturated carbocycles. The first-order valence-corrected chi connectivity index (χ1v) is 13.2. The summed E-state index contributed by atoms with van der Waals surface area (Å²) in [6, 6.07) is 15.5. The fourth-order valence-corrected chi connectivity index (χ4v) is 5.28. The second-order valence-corrected chi connectivity index (χ2v) is 9.94. The van der Waals surface area contributed by atoms with Crippen LogP contribution in [0.3, 0.4) is 0 Å². The Kier molecular flexibility index (Phi) is 9.23. The number of amides is 2. The molecule has 2 fully saturated rings. The van der Waals surface area contributed by atoms with E-state index in [-0.39, 0.29) is 29.8 Å². The number of ether oxygens (including phenoxy) is 2. The second kappa shape index (κ2) is 12.8. The number of methoxy groups -OCH3 is 2. The smallest absolute Gasteiger partial charge is 0.234 e. The minimum absolute atomic E-state index is 0.0173. The molecule has 4 rings (SSSR count). The molecular weight excluding hydrogens is 454 g/mol. The van der Waals surface area contributed by atoms with Gasteiger partial charge < -0.3 is 20.1 Å². The molecule has 1 aliphatic heterocycles. The third-order valence-electron chi connectivity index (χ3n) is 7.48. The summed E-state index contributed by atoms with van der Waals surface area (Å²) >= 11 is 0. The van der Waals surface area contributed by atoms with Crippen LogP contribution in [0.25, 0.3) is 0 Å². The largest absolute Gasteiger partial charge is 0.497 e. The highest BCUT2D eigenvalue weighted by atomic mass is 16.5. The van der Waals surface area contributed by atoms with Crippen molar-refractivity contribution in [3.05, 3.63) is 59.7 Å². The van der Waals surface area contributed by atoms with Crippen molar-refractivity contribution in [2.45, 2.75) is 57.0 Å². The predicted octanol–water partition coefficient (Wildman–Crippen LogP) is 4.07. The van der Waals surface area contributed by atoms with Crippen LogP contribution in [-0.2, 0) is 9.59 Å². The highest BCUT2D eigenvalue weighted by molar-refractivity contribution is 5.79. The standard InChI is InChI=1S/C29H39N3O4/c1-35-25-12-8-21(9-13-25)28(22-10-14-26(36-2)15-11-22)31-27(33)20-32-18-16-24(17-19-32)30-29(34)23-6-4-3-5-7-23/h8-15,23-24,28H,3-7,16-20H2,1-2H3,(H,30,34)(H,31,33). The number of carbonyl (C=O) groups is 2. The maximum atomic E-state index is 13.1. The summed E-state index contributed by atoms with van der Waals surface area (Å²) < 4.78 is 10.6. The summed E-state index contributed by atoms with van der Waals surface area (Å²) in [5.74, 6) is 1.95. The molecule has 7 nitrogen and oxygen atoms in total. The summed E-state index contributed by atoms with van der Waals surface area (Å²) in [5, 5.41) is 6.50. The lowest BCUT2D eigenvalue weighted by atomic mass is 9.88. The van der Waals surface area contributed by atoms with Crippen molar-refractivity contribution in [2.75, 3.05) is 33.9 Å². The van der Waals surface area contributed by atoms with Crippen molar-refractivity contribution < 1.29 is 19.1 Å². The Hall–Kier alpha value is -3.06. The maximum Gasteiger partial charge on any atom is 0.234 e. The summed E-state index contributed by atoms with van der Waals surface area (Å²) in [7, 11) is 3.28. The Labute approximate surface area is 214 Å². The fraction of sp³-hybridized carbons (Fsp3) is 0.517. The zero-order valence-electron chi connectivity index (χ0n) is 21.5. The van der Waals surface area contributed by atoms with Crippen LogP contribution in [0.2, 0.25) is 0 Å². The van der Waals surface area contributed by atoms with Crippen LogP contribution >= 0.6 is 0 Å². The molecule has 2 amide bonds. The number of hydrogen-bond acceptors (Lipinski definition) is 5. The van der Waals surface area contributed by atoms with Crippen molar-refractivity contribution in [1.82, 2.24) is 15.5 Å². The Morgan fingerprint density at radius 1 is 0.833 bits per heavy atom. The van der Waals surface area contributed by atoms with Gasteiger partial charge in [-0.2, -0.15) is 0 Å². The van der Waals surface area contributed by atoms with Crippen LogP contribution in [0.5, 0.6) is 11.5 Å². The van der Waals surface area contributed by atoms with Gasteiger partial charge in [0.05, 0.1) is 26.8 Å². The van der Waals surface area contributed by atoms with Crippen LogP contribution < -0.4 is 20.1 Å². The van der Waals surface area contributed by atoms with E-state index in [9.17, 15) is 9.59 Å². The Morgan fingerprint density at radius 2 is 1.36 bits per heavy atom. The van der Waals surface area contributed by atoms with Gasteiger partial charge >= 0.3 is 0 Å². The normalized spacial score (nSPS) is 17.5. The molecule has 7 heteroatoms. The number of benzene rings is 2. The molecule has 1 aliphatic carbocycles. The minimum atomic E-state index is -0.276. The van der Waals surface area contributed by atoms with E-state index in [1.165, 1.54) is 19.3 Å². The number of hydrogen-bond donors (Lipinski definition) is 2. The number of nitrogens with zero attached hydrogens (tertiary/aromatic N) is 1. The first kappa shape index (κ1) is 26.0. The van der Waals surface area contributed by atoms with Crippen LogP contribution in [0.15, 0.2) is 48.5 Å². The number of piperidine rings is 1. The van der Waals surface area contributed by atoms with E-state index in [0.717, 1.165) is 61.4 Å². The molecule has 0 spiro atoms. The van der Waals surface area contributed by atoms with E-state index in [2.05, 4.69) is 15.5 Å². The zero-order chi connectivity index (χ0) is 25.3. The zero-order valence-corrected chi connectivity index (χ0v) is 21.5. The van der Waals surface area contributed by atoms with Crippen LogP contribution in [0.4, 0.5) is 0 Å². The molecule has 0 bridgehead atoms. The molecule has 2 aromatic carbocycles. The van der Waals surface area contributed by atoms with Gasteiger partial charge in [0.1, 0.15) is 11.5 Å². The van der Waals surface area contributed by atoms with Gasteiger partial charge in [0, 0.05) is 25.0 Å². The summed E-state index contributed by atoms with van der Waals surface area (Å²) in [6.07, 6.45) is 7.39. The average Bonchev–Trinajstić information content (AvgIpc) is 2.93. The molecule has 0 atom stereocenters. The number of carbonyl (C=O) groups excluding carboxylic acids is 2. The lowest BCUT2D eigenvalue weighted by Gasteiger charge is -2.33. The average molecular weight is 494 g/mol. The third-order valence-corrected chi connectivity index (χ3v) is 7.48. The van der Waals surface area contributed by atoms with Gasteiger partial charge in [-0.3, -0.25) is 14.5 Å². The highest BCUT2D eigenvalue weighted by Gasteiger charge is 2.27. The number of likely N-dealkylation sites (tertiary alicyclic amines) is 1. The summed E-state index contributed by atoms with van der Waals surface area (Å²) in [5.41, 5.74) is 1.97. The lowest BCUT2D eigenvalue weighted by Crippen LogP contribution is -2.48. The maximum absolute atomic E-state index is 13.1. The molecular formula is C29H39N3O4. The van der Waals surface area contributed by atoms with E-state index < -0.39 is 0 Å². The van der Waals surface area contributed by atoms with Crippen LogP contribution in [0.1, 0.15) is 62.1 Å². The topological polar surface area (TPSA) is 79.9 Å². The predicted molar refractivity (Wildman–Crippen MR) is 140 cm³/mol. The lowest BCUT2D eigenvalue weighted by molar-refractivity contribution is -0.127. The van der Waals surface area contributed by atoms with Crippen LogP contribution in [-0.4, -0.2) is 56.6 Å². The molecule has 0 radical (unpaired) electrons. The van der Waals surface area contributed by atoms with Gasteiger partial charge in [-0.1, -0.05) is 43.5 Å². The Balaban J connectivity index is 1.32. The van der Waals surface area contributed by atoms with E-state index in [1.54, 1.807) is 14.2 Å². The highest BCUT2D eigenvalue weighted by Crippen LogP contribution is 2.27. The van der Waals surface area contributed by atoms with Gasteiger partial charge in [-0.25, -0.2) is 0 Å². The number of rotatable bonds is 9. The molecule has 194 valence electrons. The molecule has 2 aromatic rings. The molecule has 0 aromatic heterocycles. The van der Waals surface area contributed by atoms with E-state index in [1.807, 2.05) is 48.5 Å². The fourth-order valence-electron chi connectivity index (χ4n) is 5.28. The second-order valence-electron chi connectivity index (χ2n) is 9.94. The van der Waals surface area contributed by atoms with Crippen molar-refractivity contribution in [3.8, 4) is 11.5 Å².